The van der Waals surface area contributed by atoms with Crippen molar-refractivity contribution in [3.8, 4) is 0 Å². The average Bonchev–Trinajstić information content (AvgIpc) is 3.45. The minimum absolute atomic E-state index is 0.0382. The molecule has 2 amide bonds. The molecule has 2 aliphatic rings. The van der Waals surface area contributed by atoms with Crippen molar-refractivity contribution in [1.82, 2.24) is 15.5 Å². The van der Waals surface area contributed by atoms with E-state index >= 15 is 0 Å². The molecule has 0 unspecified atom stereocenters. The Morgan fingerprint density at radius 2 is 1.88 bits per heavy atom. The van der Waals surface area contributed by atoms with Gasteiger partial charge in [-0.2, -0.15) is 0 Å². The van der Waals surface area contributed by atoms with Crippen molar-refractivity contribution < 1.29 is 9.53 Å². The van der Waals surface area contributed by atoms with E-state index in [-0.39, 0.29) is 12.1 Å². The van der Waals surface area contributed by atoms with E-state index in [2.05, 4.69) is 45.9 Å². The van der Waals surface area contributed by atoms with E-state index in [1.54, 1.807) is 0 Å². The maximum absolute atomic E-state index is 12.0. The molecule has 1 heterocycles. The summed E-state index contributed by atoms with van der Waals surface area (Å²) in [6.45, 7) is 5.40. The molecule has 2 N–H and O–H groups in total. The minimum Gasteiger partial charge on any atom is -0.381 e. The molecule has 1 aliphatic carbocycles. The van der Waals surface area contributed by atoms with Crippen LogP contribution < -0.4 is 10.6 Å². The fraction of sp³-hybridized carbons (Fsp3) is 0.650. The summed E-state index contributed by atoms with van der Waals surface area (Å²) < 4.78 is 5.57. The predicted octanol–water partition coefficient (Wildman–Crippen LogP) is 2.77. The second-order valence-electron chi connectivity index (χ2n) is 7.31. The van der Waals surface area contributed by atoms with E-state index in [0.717, 1.165) is 58.0 Å². The van der Waals surface area contributed by atoms with Crippen molar-refractivity contribution in [2.24, 2.45) is 5.92 Å². The molecule has 1 aromatic carbocycles. The van der Waals surface area contributed by atoms with Crippen LogP contribution >= 0.6 is 0 Å². The van der Waals surface area contributed by atoms with Gasteiger partial charge in [-0.3, -0.25) is 4.90 Å². The summed E-state index contributed by atoms with van der Waals surface area (Å²) in [5, 5.41) is 6.05. The maximum atomic E-state index is 12.0. The molecule has 1 saturated heterocycles. The van der Waals surface area contributed by atoms with Crippen LogP contribution in [0.5, 0.6) is 0 Å². The van der Waals surface area contributed by atoms with Crippen molar-refractivity contribution in [3.63, 3.8) is 0 Å². The molecule has 5 nitrogen and oxygen atoms in total. The van der Waals surface area contributed by atoms with Crippen LogP contribution in [0, 0.1) is 5.92 Å². The lowest BCUT2D eigenvalue weighted by Gasteiger charge is -2.32. The minimum atomic E-state index is -0.0382. The molecular formula is C20H31N3O2. The van der Waals surface area contributed by atoms with E-state index in [0.29, 0.717) is 6.54 Å². The van der Waals surface area contributed by atoms with Gasteiger partial charge in [0.1, 0.15) is 0 Å². The lowest BCUT2D eigenvalue weighted by molar-refractivity contribution is 0.122. The fourth-order valence-electron chi connectivity index (χ4n) is 3.22. The van der Waals surface area contributed by atoms with Crippen molar-refractivity contribution in [3.05, 3.63) is 35.9 Å². The van der Waals surface area contributed by atoms with E-state index < -0.39 is 0 Å². The topological polar surface area (TPSA) is 53.6 Å². The van der Waals surface area contributed by atoms with Gasteiger partial charge in [0, 0.05) is 45.4 Å². The van der Waals surface area contributed by atoms with Gasteiger partial charge in [0.2, 0.25) is 0 Å². The maximum Gasteiger partial charge on any atom is 0.315 e. The van der Waals surface area contributed by atoms with Gasteiger partial charge in [0.15, 0.2) is 0 Å². The van der Waals surface area contributed by atoms with Crippen LogP contribution in [-0.4, -0.2) is 49.8 Å². The Morgan fingerprint density at radius 1 is 1.12 bits per heavy atom. The predicted molar refractivity (Wildman–Crippen MR) is 99.4 cm³/mol. The SMILES string of the molecule is O=C(NCCCOCC1CC1)NC1CCN(Cc2ccccc2)CC1. The van der Waals surface area contributed by atoms with Gasteiger partial charge in [-0.15, -0.1) is 0 Å². The lowest BCUT2D eigenvalue weighted by atomic mass is 10.0. The third-order valence-electron chi connectivity index (χ3n) is 4.97. The van der Waals surface area contributed by atoms with Crippen LogP contribution in [0.1, 0.15) is 37.7 Å². The van der Waals surface area contributed by atoms with Gasteiger partial charge >= 0.3 is 6.03 Å². The molecule has 0 radical (unpaired) electrons. The van der Waals surface area contributed by atoms with Gasteiger partial charge < -0.3 is 15.4 Å². The number of amides is 2. The molecule has 0 aromatic heterocycles. The van der Waals surface area contributed by atoms with E-state index in [1.807, 2.05) is 0 Å². The van der Waals surface area contributed by atoms with E-state index in [9.17, 15) is 4.79 Å². The summed E-state index contributed by atoms with van der Waals surface area (Å²) in [6.07, 6.45) is 5.57. The highest BCUT2D eigenvalue weighted by Crippen LogP contribution is 2.28. The standard InChI is InChI=1S/C20H31N3O2/c24-20(21-11-4-14-25-16-18-7-8-18)22-19-9-12-23(13-10-19)15-17-5-2-1-3-6-17/h1-3,5-6,18-19H,4,7-16H2,(H2,21,22,24). The van der Waals surface area contributed by atoms with Gasteiger partial charge in [0.25, 0.3) is 0 Å². The highest BCUT2D eigenvalue weighted by molar-refractivity contribution is 5.74. The number of rotatable bonds is 9. The third-order valence-corrected chi connectivity index (χ3v) is 4.97. The van der Waals surface area contributed by atoms with Gasteiger partial charge in [-0.25, -0.2) is 4.79 Å². The van der Waals surface area contributed by atoms with Crippen molar-refractivity contribution in [1.29, 1.82) is 0 Å². The first-order valence-corrected chi connectivity index (χ1v) is 9.68. The van der Waals surface area contributed by atoms with Crippen LogP contribution in [0.15, 0.2) is 30.3 Å². The Labute approximate surface area is 151 Å². The fourth-order valence-corrected chi connectivity index (χ4v) is 3.22. The number of nitrogens with one attached hydrogen (secondary N) is 2. The Morgan fingerprint density at radius 3 is 2.60 bits per heavy atom. The molecule has 1 aliphatic heterocycles. The van der Waals surface area contributed by atoms with Crippen molar-refractivity contribution >= 4 is 6.03 Å². The Hall–Kier alpha value is -1.59. The molecule has 5 heteroatoms. The summed E-state index contributed by atoms with van der Waals surface area (Å²) in [5.74, 6) is 0.809. The zero-order chi connectivity index (χ0) is 17.3. The number of ether oxygens (including phenoxy) is 1. The third kappa shape index (κ3) is 7.04. The average molecular weight is 345 g/mol. The molecule has 2 fully saturated rings. The summed E-state index contributed by atoms with van der Waals surface area (Å²) in [5.41, 5.74) is 1.36. The number of carbonyl (C=O) groups is 1. The van der Waals surface area contributed by atoms with Crippen molar-refractivity contribution in [2.45, 2.75) is 44.7 Å². The first-order chi connectivity index (χ1) is 12.3. The molecule has 1 saturated carbocycles. The normalized spacial score (nSPS) is 18.9. The Bertz CT molecular complexity index is 511. The molecule has 0 atom stereocenters. The molecular weight excluding hydrogens is 314 g/mol. The molecule has 138 valence electrons. The van der Waals surface area contributed by atoms with E-state index in [1.165, 1.54) is 18.4 Å². The number of urea groups is 1. The highest BCUT2D eigenvalue weighted by atomic mass is 16.5. The smallest absolute Gasteiger partial charge is 0.315 e. The Balaban J connectivity index is 1.22. The molecule has 0 spiro atoms. The summed E-state index contributed by atoms with van der Waals surface area (Å²) in [7, 11) is 0. The van der Waals surface area contributed by atoms with E-state index in [4.69, 9.17) is 4.74 Å². The number of benzene rings is 1. The number of likely N-dealkylation sites (tertiary alicyclic amines) is 1. The lowest BCUT2D eigenvalue weighted by Crippen LogP contribution is -2.47. The summed E-state index contributed by atoms with van der Waals surface area (Å²) in [4.78, 5) is 14.4. The van der Waals surface area contributed by atoms with Crippen LogP contribution in [0.2, 0.25) is 0 Å². The number of piperidine rings is 1. The monoisotopic (exact) mass is 345 g/mol. The summed E-state index contributed by atoms with van der Waals surface area (Å²) >= 11 is 0. The van der Waals surface area contributed by atoms with Crippen LogP contribution in [0.3, 0.4) is 0 Å². The first-order valence-electron chi connectivity index (χ1n) is 9.68. The van der Waals surface area contributed by atoms with Crippen molar-refractivity contribution in [2.75, 3.05) is 32.8 Å². The zero-order valence-electron chi connectivity index (χ0n) is 15.1. The highest BCUT2D eigenvalue weighted by Gasteiger charge is 2.21. The number of carbonyl (C=O) groups excluding carboxylic acids is 1. The largest absolute Gasteiger partial charge is 0.381 e. The molecule has 0 bridgehead atoms. The Kier molecular flexibility index (Phi) is 7.12. The van der Waals surface area contributed by atoms with Crippen LogP contribution in [-0.2, 0) is 11.3 Å². The second kappa shape index (κ2) is 9.78. The zero-order valence-corrected chi connectivity index (χ0v) is 15.1. The second-order valence-corrected chi connectivity index (χ2v) is 7.31. The van der Waals surface area contributed by atoms with Crippen LogP contribution in [0.4, 0.5) is 4.79 Å². The van der Waals surface area contributed by atoms with Gasteiger partial charge in [0.05, 0.1) is 0 Å². The molecule has 3 rings (SSSR count). The number of hydrogen-bond acceptors (Lipinski definition) is 3. The number of hydrogen-bond donors (Lipinski definition) is 2. The van der Waals surface area contributed by atoms with Gasteiger partial charge in [-0.05, 0) is 43.6 Å². The van der Waals surface area contributed by atoms with Crippen LogP contribution in [0.25, 0.3) is 0 Å². The first kappa shape index (κ1) is 18.2. The summed E-state index contributed by atoms with van der Waals surface area (Å²) in [6, 6.07) is 10.8. The molecule has 1 aromatic rings. The molecule has 25 heavy (non-hydrogen) atoms. The quantitative estimate of drug-likeness (QED) is 0.677. The number of nitrogens with zero attached hydrogens (tertiary/aromatic N) is 1. The van der Waals surface area contributed by atoms with Gasteiger partial charge in [-0.1, -0.05) is 30.3 Å².